The number of rotatable bonds is 5. The molecular formula is C9H15NO5. The van der Waals surface area contributed by atoms with Crippen molar-refractivity contribution in [2.75, 3.05) is 0 Å². The largest absolute Gasteiger partial charge is 0.393 e. The van der Waals surface area contributed by atoms with Crippen molar-refractivity contribution in [2.24, 2.45) is 0 Å². The highest BCUT2D eigenvalue weighted by Crippen LogP contribution is 2.13. The summed E-state index contributed by atoms with van der Waals surface area (Å²) in [4.78, 5) is 31.9. The van der Waals surface area contributed by atoms with E-state index in [0.717, 1.165) is 0 Å². The highest BCUT2D eigenvalue weighted by Gasteiger charge is 2.35. The molecular weight excluding hydrogens is 202 g/mol. The van der Waals surface area contributed by atoms with Gasteiger partial charge in [-0.3, -0.25) is 19.7 Å². The van der Waals surface area contributed by atoms with Gasteiger partial charge >= 0.3 is 11.9 Å². The SMILES string of the molecule is CCCC(=O)OC(=O)CC(C)(C)[N+](=O)[O-]. The summed E-state index contributed by atoms with van der Waals surface area (Å²) >= 11 is 0. The van der Waals surface area contributed by atoms with Crippen molar-refractivity contribution in [2.45, 2.75) is 45.6 Å². The zero-order valence-corrected chi connectivity index (χ0v) is 9.11. The molecule has 0 aromatic rings. The van der Waals surface area contributed by atoms with Gasteiger partial charge in [0, 0.05) is 25.2 Å². The molecule has 0 fully saturated rings. The van der Waals surface area contributed by atoms with Gasteiger partial charge in [-0.2, -0.15) is 0 Å². The molecule has 0 heterocycles. The number of hydrogen-bond donors (Lipinski definition) is 0. The van der Waals surface area contributed by atoms with Crippen molar-refractivity contribution in [3.05, 3.63) is 10.1 Å². The predicted molar refractivity (Wildman–Crippen MR) is 51.7 cm³/mol. The topological polar surface area (TPSA) is 86.5 Å². The Bertz CT molecular complexity index is 272. The van der Waals surface area contributed by atoms with Gasteiger partial charge in [0.05, 0.1) is 0 Å². The number of carbonyl (C=O) groups is 2. The van der Waals surface area contributed by atoms with Crippen LogP contribution in [0.1, 0.15) is 40.0 Å². The van der Waals surface area contributed by atoms with E-state index in [1.54, 1.807) is 6.92 Å². The van der Waals surface area contributed by atoms with Crippen LogP contribution in [-0.2, 0) is 14.3 Å². The van der Waals surface area contributed by atoms with E-state index < -0.39 is 28.8 Å². The molecule has 6 heteroatoms. The third-order valence-corrected chi connectivity index (χ3v) is 1.75. The van der Waals surface area contributed by atoms with E-state index in [1.165, 1.54) is 13.8 Å². The summed E-state index contributed by atoms with van der Waals surface area (Å²) in [5, 5.41) is 10.5. The predicted octanol–water partition coefficient (Wildman–Crippen LogP) is 1.30. The van der Waals surface area contributed by atoms with Gasteiger partial charge in [0.25, 0.3) is 0 Å². The summed E-state index contributed by atoms with van der Waals surface area (Å²) < 4.78 is 4.39. The second-order valence-electron chi connectivity index (χ2n) is 3.84. The van der Waals surface area contributed by atoms with Crippen LogP contribution in [0.2, 0.25) is 0 Å². The Morgan fingerprint density at radius 1 is 1.33 bits per heavy atom. The second-order valence-corrected chi connectivity index (χ2v) is 3.84. The fourth-order valence-corrected chi connectivity index (χ4v) is 0.836. The zero-order chi connectivity index (χ0) is 12.1. The maximum absolute atomic E-state index is 11.1. The first-order valence-electron chi connectivity index (χ1n) is 4.67. The van der Waals surface area contributed by atoms with Crippen molar-refractivity contribution >= 4 is 11.9 Å². The van der Waals surface area contributed by atoms with E-state index in [2.05, 4.69) is 4.74 Å². The van der Waals surface area contributed by atoms with Crippen molar-refractivity contribution in [3.63, 3.8) is 0 Å². The lowest BCUT2D eigenvalue weighted by atomic mass is 10.0. The lowest BCUT2D eigenvalue weighted by Crippen LogP contribution is -2.34. The number of nitro groups is 1. The average molecular weight is 217 g/mol. The standard InChI is InChI=1S/C9H15NO5/c1-4-5-7(11)15-8(12)6-9(2,3)10(13)14/h4-6H2,1-3H3. The van der Waals surface area contributed by atoms with Crippen molar-refractivity contribution < 1.29 is 19.2 Å². The Kier molecular flexibility index (Phi) is 4.90. The highest BCUT2D eigenvalue weighted by atomic mass is 16.6. The third kappa shape index (κ3) is 5.09. The lowest BCUT2D eigenvalue weighted by molar-refractivity contribution is -0.559. The Balaban J connectivity index is 4.15. The van der Waals surface area contributed by atoms with Crippen LogP contribution in [0.15, 0.2) is 0 Å². The Morgan fingerprint density at radius 3 is 2.27 bits per heavy atom. The zero-order valence-electron chi connectivity index (χ0n) is 9.11. The summed E-state index contributed by atoms with van der Waals surface area (Å²) in [7, 11) is 0. The van der Waals surface area contributed by atoms with Crippen molar-refractivity contribution in [3.8, 4) is 0 Å². The summed E-state index contributed by atoms with van der Waals surface area (Å²) in [6.07, 6.45) is 0.310. The van der Waals surface area contributed by atoms with Crippen LogP contribution in [0.4, 0.5) is 0 Å². The first-order valence-corrected chi connectivity index (χ1v) is 4.67. The molecule has 0 aromatic heterocycles. The number of nitrogens with zero attached hydrogens (tertiary/aromatic N) is 1. The molecule has 0 amide bonds. The molecule has 0 N–H and O–H groups in total. The molecule has 0 spiro atoms. The Labute approximate surface area is 87.7 Å². The molecule has 0 rings (SSSR count). The second kappa shape index (κ2) is 5.43. The number of hydrogen-bond acceptors (Lipinski definition) is 5. The molecule has 0 bridgehead atoms. The van der Waals surface area contributed by atoms with Crippen LogP contribution < -0.4 is 0 Å². The van der Waals surface area contributed by atoms with Gasteiger partial charge in [-0.1, -0.05) is 6.92 Å². The van der Waals surface area contributed by atoms with Gasteiger partial charge in [0.1, 0.15) is 6.42 Å². The number of esters is 2. The van der Waals surface area contributed by atoms with Gasteiger partial charge in [0.15, 0.2) is 0 Å². The first kappa shape index (κ1) is 13.5. The minimum absolute atomic E-state index is 0.143. The van der Waals surface area contributed by atoms with Crippen LogP contribution in [0.25, 0.3) is 0 Å². The van der Waals surface area contributed by atoms with Crippen LogP contribution >= 0.6 is 0 Å². The molecule has 0 atom stereocenters. The highest BCUT2D eigenvalue weighted by molar-refractivity contribution is 5.85. The van der Waals surface area contributed by atoms with E-state index in [1.807, 2.05) is 0 Å². The quantitative estimate of drug-likeness (QED) is 0.300. The summed E-state index contributed by atoms with van der Waals surface area (Å²) in [6.45, 7) is 4.38. The normalized spacial score (nSPS) is 10.9. The van der Waals surface area contributed by atoms with Gasteiger partial charge in [-0.15, -0.1) is 0 Å². The molecule has 0 aliphatic carbocycles. The maximum Gasteiger partial charge on any atom is 0.320 e. The van der Waals surface area contributed by atoms with E-state index in [0.29, 0.717) is 6.42 Å². The van der Waals surface area contributed by atoms with Gasteiger partial charge in [-0.05, 0) is 6.42 Å². The molecule has 0 saturated heterocycles. The van der Waals surface area contributed by atoms with Crippen LogP contribution in [0.5, 0.6) is 0 Å². The van der Waals surface area contributed by atoms with Gasteiger partial charge < -0.3 is 4.74 Å². The monoisotopic (exact) mass is 217 g/mol. The van der Waals surface area contributed by atoms with E-state index in [-0.39, 0.29) is 6.42 Å². The molecule has 0 aliphatic heterocycles. The fraction of sp³-hybridized carbons (Fsp3) is 0.778. The number of carbonyl (C=O) groups excluding carboxylic acids is 2. The van der Waals surface area contributed by atoms with Crippen LogP contribution in [0, 0.1) is 10.1 Å². The van der Waals surface area contributed by atoms with Crippen molar-refractivity contribution in [1.82, 2.24) is 0 Å². The number of ether oxygens (including phenoxy) is 1. The minimum Gasteiger partial charge on any atom is -0.393 e. The lowest BCUT2D eigenvalue weighted by Gasteiger charge is -2.13. The third-order valence-electron chi connectivity index (χ3n) is 1.75. The smallest absolute Gasteiger partial charge is 0.320 e. The summed E-state index contributed by atoms with van der Waals surface area (Å²) in [5.74, 6) is -1.49. The van der Waals surface area contributed by atoms with Crippen molar-refractivity contribution in [1.29, 1.82) is 0 Å². The molecule has 0 saturated carbocycles. The molecule has 0 unspecified atom stereocenters. The first-order chi connectivity index (χ1) is 6.79. The Hall–Kier alpha value is -1.46. The van der Waals surface area contributed by atoms with Gasteiger partial charge in [0.2, 0.25) is 5.54 Å². The van der Waals surface area contributed by atoms with E-state index >= 15 is 0 Å². The minimum atomic E-state index is -1.40. The maximum atomic E-state index is 11.1. The summed E-state index contributed by atoms with van der Waals surface area (Å²) in [6, 6.07) is 0. The molecule has 0 radical (unpaired) electrons. The van der Waals surface area contributed by atoms with Gasteiger partial charge in [-0.25, -0.2) is 0 Å². The molecule has 86 valence electrons. The molecule has 0 aromatic carbocycles. The fourth-order valence-electron chi connectivity index (χ4n) is 0.836. The molecule has 15 heavy (non-hydrogen) atoms. The van der Waals surface area contributed by atoms with Crippen LogP contribution in [0.3, 0.4) is 0 Å². The summed E-state index contributed by atoms with van der Waals surface area (Å²) in [5.41, 5.74) is -1.40. The molecule has 6 nitrogen and oxygen atoms in total. The Morgan fingerprint density at radius 2 is 1.87 bits per heavy atom. The van der Waals surface area contributed by atoms with E-state index in [4.69, 9.17) is 0 Å². The molecule has 0 aliphatic rings. The van der Waals surface area contributed by atoms with E-state index in [9.17, 15) is 19.7 Å². The average Bonchev–Trinajstić information content (AvgIpc) is 2.02. The van der Waals surface area contributed by atoms with Crippen LogP contribution in [-0.4, -0.2) is 22.4 Å².